The Kier molecular flexibility index (Phi) is 5.88. The van der Waals surface area contributed by atoms with Crippen LogP contribution in [0.25, 0.3) is 0 Å². The van der Waals surface area contributed by atoms with E-state index in [1.165, 1.54) is 48.3 Å². The predicted molar refractivity (Wildman–Crippen MR) is 117 cm³/mol. The van der Waals surface area contributed by atoms with Crippen molar-refractivity contribution in [3.63, 3.8) is 0 Å². The van der Waals surface area contributed by atoms with Crippen LogP contribution in [-0.2, 0) is 11.3 Å². The van der Waals surface area contributed by atoms with Gasteiger partial charge in [0.25, 0.3) is 5.91 Å². The predicted octanol–water partition coefficient (Wildman–Crippen LogP) is 0.743. The number of rotatable bonds is 7. The average Bonchev–Trinajstić information content (AvgIpc) is 3.22. The minimum absolute atomic E-state index is 0.0777. The molecule has 2 heterocycles. The maximum atomic E-state index is 13.6. The van der Waals surface area contributed by atoms with Crippen LogP contribution in [0.3, 0.4) is 0 Å². The molecule has 1 aromatic rings. The lowest BCUT2D eigenvalue weighted by Crippen LogP contribution is -3.28. The van der Waals surface area contributed by atoms with Gasteiger partial charge in [-0.2, -0.15) is 5.26 Å². The number of hydrogen-bond donors (Lipinski definition) is 2. The fraction of sp³-hybridized carbons (Fsp3) is 0.750. The van der Waals surface area contributed by atoms with Crippen molar-refractivity contribution in [2.45, 2.75) is 57.0 Å². The number of thiophene rings is 1. The van der Waals surface area contributed by atoms with E-state index in [0.29, 0.717) is 25.4 Å². The highest BCUT2D eigenvalue weighted by Crippen LogP contribution is 2.57. The monoisotopic (exact) mass is 428 g/mol. The Labute approximate surface area is 184 Å². The maximum absolute atomic E-state index is 13.6. The van der Waals surface area contributed by atoms with Gasteiger partial charge in [-0.25, -0.2) is 0 Å². The number of nitriles is 1. The number of carbonyl (C=O) groups is 1. The van der Waals surface area contributed by atoms with E-state index >= 15 is 0 Å². The van der Waals surface area contributed by atoms with E-state index in [4.69, 9.17) is 0 Å². The minimum atomic E-state index is 0.0777. The molecule has 5 aliphatic rings. The van der Waals surface area contributed by atoms with Gasteiger partial charge in [-0.3, -0.25) is 4.79 Å². The molecule has 0 aromatic carbocycles. The van der Waals surface area contributed by atoms with Crippen LogP contribution in [0, 0.1) is 29.1 Å². The summed E-state index contributed by atoms with van der Waals surface area (Å²) in [5.74, 6) is 2.80. The largest absolute Gasteiger partial charge is 0.331 e. The van der Waals surface area contributed by atoms with Gasteiger partial charge < -0.3 is 14.7 Å². The molecule has 4 aliphatic carbocycles. The summed E-state index contributed by atoms with van der Waals surface area (Å²) >= 11 is 1.85. The van der Waals surface area contributed by atoms with Crippen molar-refractivity contribution in [2.75, 3.05) is 39.3 Å². The summed E-state index contributed by atoms with van der Waals surface area (Å²) in [6, 6.07) is 6.69. The first-order valence-electron chi connectivity index (χ1n) is 12.0. The van der Waals surface area contributed by atoms with Crippen LogP contribution in [0.2, 0.25) is 0 Å². The van der Waals surface area contributed by atoms with Crippen LogP contribution in [0.1, 0.15) is 49.8 Å². The maximum Gasteiger partial charge on any atom is 0.278 e. The van der Waals surface area contributed by atoms with Crippen LogP contribution in [-0.4, -0.2) is 55.6 Å². The van der Waals surface area contributed by atoms with Crippen molar-refractivity contribution in [1.29, 1.82) is 5.26 Å². The van der Waals surface area contributed by atoms with E-state index in [-0.39, 0.29) is 5.54 Å². The second-order valence-electron chi connectivity index (χ2n) is 10.5. The zero-order valence-electron chi connectivity index (χ0n) is 18.1. The highest BCUT2D eigenvalue weighted by atomic mass is 32.1. The molecule has 1 saturated heterocycles. The molecule has 0 spiro atoms. The molecule has 6 rings (SSSR count). The Hall–Kier alpha value is -1.42. The van der Waals surface area contributed by atoms with Crippen LogP contribution in [0.15, 0.2) is 17.5 Å². The molecule has 1 amide bonds. The second-order valence-corrected chi connectivity index (χ2v) is 11.6. The zero-order valence-corrected chi connectivity index (χ0v) is 18.9. The summed E-state index contributed by atoms with van der Waals surface area (Å²) in [5, 5.41) is 11.4. The van der Waals surface area contributed by atoms with Gasteiger partial charge in [0.1, 0.15) is 32.7 Å². The van der Waals surface area contributed by atoms with Gasteiger partial charge >= 0.3 is 0 Å². The molecule has 1 aromatic heterocycles. The molecule has 162 valence electrons. The third-order valence-electron chi connectivity index (χ3n) is 8.40. The number of carbonyl (C=O) groups excluding carboxylic acids is 1. The first-order valence-corrected chi connectivity index (χ1v) is 12.9. The number of amides is 1. The van der Waals surface area contributed by atoms with Gasteiger partial charge in [-0.05, 0) is 67.7 Å². The van der Waals surface area contributed by atoms with E-state index in [1.807, 2.05) is 11.3 Å². The second kappa shape index (κ2) is 8.61. The topological polar surface area (TPSA) is 53.0 Å². The molecule has 5 fully saturated rings. The van der Waals surface area contributed by atoms with E-state index in [2.05, 4.69) is 28.5 Å². The summed E-state index contributed by atoms with van der Waals surface area (Å²) in [5.41, 5.74) is 0.0777. The molecule has 0 unspecified atom stereocenters. The molecule has 0 atom stereocenters. The first-order chi connectivity index (χ1) is 14.6. The van der Waals surface area contributed by atoms with Crippen molar-refractivity contribution in [1.82, 2.24) is 4.90 Å². The molecular formula is C24H36N4OS+2. The summed E-state index contributed by atoms with van der Waals surface area (Å²) < 4.78 is 0. The molecule has 6 heteroatoms. The smallest absolute Gasteiger partial charge is 0.278 e. The molecular weight excluding hydrogens is 392 g/mol. The molecule has 0 radical (unpaired) electrons. The lowest BCUT2D eigenvalue weighted by molar-refractivity contribution is -1.02. The Balaban J connectivity index is 1.20. The van der Waals surface area contributed by atoms with E-state index in [0.717, 1.165) is 50.5 Å². The quantitative estimate of drug-likeness (QED) is 0.673. The number of hydrogen-bond acceptors (Lipinski definition) is 3. The van der Waals surface area contributed by atoms with E-state index in [9.17, 15) is 10.1 Å². The van der Waals surface area contributed by atoms with Gasteiger partial charge in [-0.15, -0.1) is 11.3 Å². The fourth-order valence-electron chi connectivity index (χ4n) is 7.46. The van der Waals surface area contributed by atoms with Crippen LogP contribution in [0.4, 0.5) is 0 Å². The summed E-state index contributed by atoms with van der Waals surface area (Å²) in [7, 11) is 0. The summed E-state index contributed by atoms with van der Waals surface area (Å²) in [6.45, 7) is 6.86. The molecule has 4 bridgehead atoms. The minimum Gasteiger partial charge on any atom is -0.331 e. The highest BCUT2D eigenvalue weighted by Gasteiger charge is 2.54. The average molecular weight is 429 g/mol. The summed E-state index contributed by atoms with van der Waals surface area (Å²) in [6.07, 6.45) is 8.24. The molecule has 30 heavy (non-hydrogen) atoms. The number of nitrogens with one attached hydrogen (secondary N) is 2. The third kappa shape index (κ3) is 4.17. The van der Waals surface area contributed by atoms with Gasteiger partial charge in [0.2, 0.25) is 0 Å². The number of nitrogens with zero attached hydrogens (tertiary/aromatic N) is 2. The number of piperazine rings is 1. The molecule has 2 N–H and O–H groups in total. The Morgan fingerprint density at radius 3 is 2.30 bits per heavy atom. The Morgan fingerprint density at radius 2 is 1.73 bits per heavy atom. The van der Waals surface area contributed by atoms with Crippen molar-refractivity contribution in [2.24, 2.45) is 17.8 Å². The molecule has 4 saturated carbocycles. The molecule has 1 aliphatic heterocycles. The Morgan fingerprint density at radius 1 is 1.10 bits per heavy atom. The number of quaternary nitrogens is 2. The normalized spacial score (nSPS) is 37.1. The van der Waals surface area contributed by atoms with E-state index in [1.54, 1.807) is 4.90 Å². The SMILES string of the molecule is N#CCCN(C(=O)C[NH+]1CC[NH+](Cc2cccs2)CC1)C12CC3CC(CC(C3)C1)C2. The van der Waals surface area contributed by atoms with E-state index < -0.39 is 0 Å². The third-order valence-corrected chi connectivity index (χ3v) is 9.27. The van der Waals surface area contributed by atoms with Gasteiger partial charge in [0.15, 0.2) is 6.54 Å². The fourth-order valence-corrected chi connectivity index (χ4v) is 8.24. The van der Waals surface area contributed by atoms with Gasteiger partial charge in [0, 0.05) is 12.1 Å². The van der Waals surface area contributed by atoms with Crippen LogP contribution >= 0.6 is 11.3 Å². The first kappa shape index (κ1) is 20.5. The Bertz CT molecular complexity index is 742. The standard InChI is InChI=1S/C24H34N4OS/c25-4-2-5-28(24-14-19-11-20(15-24)13-21(12-19)16-24)23(29)18-27-8-6-26(7-9-27)17-22-3-1-10-30-22/h1,3,10,19-21H,2,5-9,11-18H2/p+2. The van der Waals surface area contributed by atoms with Crippen molar-refractivity contribution >= 4 is 17.2 Å². The van der Waals surface area contributed by atoms with Gasteiger partial charge in [-0.1, -0.05) is 6.07 Å². The van der Waals surface area contributed by atoms with Crippen molar-refractivity contribution in [3.8, 4) is 6.07 Å². The lowest BCUT2D eigenvalue weighted by Gasteiger charge is -2.60. The highest BCUT2D eigenvalue weighted by molar-refractivity contribution is 7.09. The van der Waals surface area contributed by atoms with Crippen LogP contribution in [0.5, 0.6) is 0 Å². The lowest BCUT2D eigenvalue weighted by atomic mass is 9.52. The van der Waals surface area contributed by atoms with Crippen molar-refractivity contribution in [3.05, 3.63) is 22.4 Å². The van der Waals surface area contributed by atoms with Crippen molar-refractivity contribution < 1.29 is 14.6 Å². The summed E-state index contributed by atoms with van der Waals surface area (Å²) in [4.78, 5) is 20.3. The zero-order chi connectivity index (χ0) is 20.6. The van der Waals surface area contributed by atoms with Crippen LogP contribution < -0.4 is 9.80 Å². The van der Waals surface area contributed by atoms with Gasteiger partial charge in [0.05, 0.1) is 17.4 Å². The molecule has 5 nitrogen and oxygen atoms in total.